The zero-order valence-corrected chi connectivity index (χ0v) is 15.3. The molecule has 3 aromatic rings. The molecule has 0 aliphatic carbocycles. The number of aliphatic hydroxyl groups is 1. The fraction of sp³-hybridized carbons (Fsp3) is 0.158. The maximum Gasteiger partial charge on any atom is 0.292 e. The minimum atomic E-state index is -0.435. The highest BCUT2D eigenvalue weighted by molar-refractivity contribution is 6.33. The number of benzene rings is 2. The summed E-state index contributed by atoms with van der Waals surface area (Å²) < 4.78 is 1.22. The highest BCUT2D eigenvalue weighted by Gasteiger charge is 2.16. The standard InChI is InChI=1S/C19H17Cl2N3O2/c20-14-6-8-15(9-7-14)24-19(26)18(21)17(12-22-24)23-16(10-11-25)13-4-2-1-3-5-13/h1-9,12,16,23,25H,10-11H2/t16-/m1/s1. The van der Waals surface area contributed by atoms with Crippen LogP contribution < -0.4 is 10.9 Å². The summed E-state index contributed by atoms with van der Waals surface area (Å²) in [6, 6.07) is 16.2. The number of nitrogens with one attached hydrogen (secondary N) is 1. The molecule has 0 fully saturated rings. The average Bonchev–Trinajstić information content (AvgIpc) is 2.67. The number of rotatable bonds is 6. The fourth-order valence-electron chi connectivity index (χ4n) is 2.62. The summed E-state index contributed by atoms with van der Waals surface area (Å²) in [4.78, 5) is 12.6. The smallest absolute Gasteiger partial charge is 0.292 e. The summed E-state index contributed by atoms with van der Waals surface area (Å²) in [6.07, 6.45) is 1.98. The van der Waals surface area contributed by atoms with Gasteiger partial charge < -0.3 is 10.4 Å². The molecule has 0 unspecified atom stereocenters. The lowest BCUT2D eigenvalue weighted by atomic mass is 10.0. The van der Waals surface area contributed by atoms with E-state index in [4.69, 9.17) is 23.2 Å². The van der Waals surface area contributed by atoms with Gasteiger partial charge in [0.1, 0.15) is 5.02 Å². The lowest BCUT2D eigenvalue weighted by Crippen LogP contribution is -2.23. The predicted molar refractivity (Wildman–Crippen MR) is 104 cm³/mol. The minimum Gasteiger partial charge on any atom is -0.396 e. The summed E-state index contributed by atoms with van der Waals surface area (Å²) in [5, 5.41) is 17.4. The van der Waals surface area contributed by atoms with Crippen LogP contribution in [0, 0.1) is 0 Å². The van der Waals surface area contributed by atoms with Crippen LogP contribution >= 0.6 is 23.2 Å². The van der Waals surface area contributed by atoms with Gasteiger partial charge in [-0.25, -0.2) is 0 Å². The summed E-state index contributed by atoms with van der Waals surface area (Å²) in [5.41, 5.74) is 1.54. The van der Waals surface area contributed by atoms with Crippen LogP contribution in [0.1, 0.15) is 18.0 Å². The Bertz CT molecular complexity index is 928. The number of anilines is 1. The van der Waals surface area contributed by atoms with Gasteiger partial charge in [0.15, 0.2) is 0 Å². The molecule has 0 saturated heterocycles. The maximum absolute atomic E-state index is 12.6. The van der Waals surface area contributed by atoms with E-state index in [-0.39, 0.29) is 17.7 Å². The normalized spacial score (nSPS) is 12.0. The third-order valence-electron chi connectivity index (χ3n) is 3.94. The van der Waals surface area contributed by atoms with E-state index < -0.39 is 5.56 Å². The maximum atomic E-state index is 12.6. The first-order valence-corrected chi connectivity index (χ1v) is 8.82. The van der Waals surface area contributed by atoms with Crippen LogP contribution in [0.15, 0.2) is 65.6 Å². The topological polar surface area (TPSA) is 67.2 Å². The predicted octanol–water partition coefficient (Wildman–Crippen LogP) is 4.07. The molecule has 134 valence electrons. The molecule has 1 atom stereocenters. The molecule has 0 radical (unpaired) electrons. The summed E-state index contributed by atoms with van der Waals surface area (Å²) in [6.45, 7) is -0.000547. The van der Waals surface area contributed by atoms with Gasteiger partial charge in [0.25, 0.3) is 5.56 Å². The Morgan fingerprint density at radius 2 is 1.77 bits per heavy atom. The highest BCUT2D eigenvalue weighted by Crippen LogP contribution is 2.25. The molecular formula is C19H17Cl2N3O2. The van der Waals surface area contributed by atoms with Crippen molar-refractivity contribution in [3.05, 3.63) is 86.8 Å². The number of hydrogen-bond donors (Lipinski definition) is 2. The molecule has 0 aliphatic rings. The number of aliphatic hydroxyl groups excluding tert-OH is 1. The lowest BCUT2D eigenvalue weighted by Gasteiger charge is -2.20. The van der Waals surface area contributed by atoms with Crippen molar-refractivity contribution in [2.45, 2.75) is 12.5 Å². The van der Waals surface area contributed by atoms with E-state index in [1.165, 1.54) is 10.9 Å². The van der Waals surface area contributed by atoms with Crippen LogP contribution in [-0.4, -0.2) is 21.5 Å². The van der Waals surface area contributed by atoms with Crippen molar-refractivity contribution in [2.24, 2.45) is 0 Å². The molecule has 3 rings (SSSR count). The second kappa shape index (κ2) is 8.36. The van der Waals surface area contributed by atoms with Crippen molar-refractivity contribution in [1.29, 1.82) is 0 Å². The number of halogens is 2. The van der Waals surface area contributed by atoms with Crippen LogP contribution in [0.3, 0.4) is 0 Å². The zero-order valence-electron chi connectivity index (χ0n) is 13.8. The van der Waals surface area contributed by atoms with Crippen molar-refractivity contribution < 1.29 is 5.11 Å². The monoisotopic (exact) mass is 389 g/mol. The van der Waals surface area contributed by atoms with Gasteiger partial charge in [0.05, 0.1) is 23.6 Å². The van der Waals surface area contributed by atoms with Crippen LogP contribution in [0.5, 0.6) is 0 Å². The fourth-order valence-corrected chi connectivity index (χ4v) is 2.93. The van der Waals surface area contributed by atoms with Crippen molar-refractivity contribution >= 4 is 28.9 Å². The number of hydrogen-bond acceptors (Lipinski definition) is 4. The van der Waals surface area contributed by atoms with Gasteiger partial charge in [-0.15, -0.1) is 0 Å². The van der Waals surface area contributed by atoms with E-state index in [1.54, 1.807) is 24.3 Å². The molecule has 0 saturated carbocycles. The highest BCUT2D eigenvalue weighted by atomic mass is 35.5. The second-order valence-electron chi connectivity index (χ2n) is 5.69. The van der Waals surface area contributed by atoms with E-state index in [2.05, 4.69) is 10.4 Å². The average molecular weight is 390 g/mol. The van der Waals surface area contributed by atoms with Crippen LogP contribution in [0.4, 0.5) is 5.69 Å². The zero-order chi connectivity index (χ0) is 18.5. The summed E-state index contributed by atoms with van der Waals surface area (Å²) >= 11 is 12.2. The quantitative estimate of drug-likeness (QED) is 0.666. The van der Waals surface area contributed by atoms with Gasteiger partial charge in [0, 0.05) is 11.6 Å². The second-order valence-corrected chi connectivity index (χ2v) is 6.50. The molecule has 26 heavy (non-hydrogen) atoms. The first-order chi connectivity index (χ1) is 12.6. The van der Waals surface area contributed by atoms with Crippen molar-refractivity contribution in [3.8, 4) is 5.69 Å². The van der Waals surface area contributed by atoms with Gasteiger partial charge in [0.2, 0.25) is 0 Å². The van der Waals surface area contributed by atoms with Crippen molar-refractivity contribution in [3.63, 3.8) is 0 Å². The molecule has 0 amide bonds. The van der Waals surface area contributed by atoms with Crippen molar-refractivity contribution in [1.82, 2.24) is 9.78 Å². The summed E-state index contributed by atoms with van der Waals surface area (Å²) in [7, 11) is 0. The molecular weight excluding hydrogens is 373 g/mol. The third-order valence-corrected chi connectivity index (χ3v) is 4.56. The third kappa shape index (κ3) is 4.07. The number of aromatic nitrogens is 2. The van der Waals surface area contributed by atoms with Gasteiger partial charge in [-0.1, -0.05) is 53.5 Å². The molecule has 0 spiro atoms. The molecule has 5 nitrogen and oxygen atoms in total. The van der Waals surface area contributed by atoms with E-state index in [9.17, 15) is 9.90 Å². The Labute approximate surface area is 160 Å². The summed E-state index contributed by atoms with van der Waals surface area (Å²) in [5.74, 6) is 0. The lowest BCUT2D eigenvalue weighted by molar-refractivity contribution is 0.280. The van der Waals surface area contributed by atoms with Gasteiger partial charge >= 0.3 is 0 Å². The van der Waals surface area contributed by atoms with E-state index in [0.717, 1.165) is 5.56 Å². The Morgan fingerprint density at radius 3 is 2.42 bits per heavy atom. The minimum absolute atomic E-state index is 0.000547. The van der Waals surface area contributed by atoms with Gasteiger partial charge in [-0.05, 0) is 36.2 Å². The Morgan fingerprint density at radius 1 is 1.08 bits per heavy atom. The van der Waals surface area contributed by atoms with Crippen LogP contribution in [-0.2, 0) is 0 Å². The molecule has 1 aromatic heterocycles. The SMILES string of the molecule is O=c1c(Cl)c(N[C@H](CCO)c2ccccc2)cnn1-c1ccc(Cl)cc1. The molecule has 1 heterocycles. The Hall–Kier alpha value is -2.34. The largest absolute Gasteiger partial charge is 0.396 e. The number of nitrogens with zero attached hydrogens (tertiary/aromatic N) is 2. The van der Waals surface area contributed by atoms with E-state index >= 15 is 0 Å². The van der Waals surface area contributed by atoms with Gasteiger partial charge in [-0.3, -0.25) is 4.79 Å². The van der Waals surface area contributed by atoms with E-state index in [1.807, 2.05) is 30.3 Å². The first-order valence-electron chi connectivity index (χ1n) is 8.06. The molecule has 2 N–H and O–H groups in total. The molecule has 0 bridgehead atoms. The molecule has 2 aromatic carbocycles. The first kappa shape index (κ1) is 18.5. The molecule has 0 aliphatic heterocycles. The van der Waals surface area contributed by atoms with Crippen LogP contribution in [0.2, 0.25) is 10.0 Å². The van der Waals surface area contributed by atoms with Gasteiger partial charge in [-0.2, -0.15) is 9.78 Å². The van der Waals surface area contributed by atoms with Crippen molar-refractivity contribution in [2.75, 3.05) is 11.9 Å². The Kier molecular flexibility index (Phi) is 5.93. The molecule has 7 heteroatoms. The Balaban J connectivity index is 1.92. The van der Waals surface area contributed by atoms with E-state index in [0.29, 0.717) is 22.8 Å². The van der Waals surface area contributed by atoms with Crippen LogP contribution in [0.25, 0.3) is 5.69 Å².